The summed E-state index contributed by atoms with van der Waals surface area (Å²) in [6.45, 7) is 0. The molecular formula is C20H13Cl3O. The number of hydrogen-bond donors (Lipinski definition) is 0. The van der Waals surface area contributed by atoms with Gasteiger partial charge < -0.3 is 0 Å². The van der Waals surface area contributed by atoms with E-state index in [9.17, 15) is 4.79 Å². The first kappa shape index (κ1) is 17.0. The highest BCUT2D eigenvalue weighted by Gasteiger charge is 2.33. The monoisotopic (exact) mass is 374 g/mol. The molecule has 0 aliphatic carbocycles. The van der Waals surface area contributed by atoms with Crippen LogP contribution in [0.15, 0.2) is 78.9 Å². The number of carbonyl (C=O) groups excluding carboxylic acids is 1. The Hall–Kier alpha value is -1.80. The summed E-state index contributed by atoms with van der Waals surface area (Å²) in [6.07, 6.45) is 0. The van der Waals surface area contributed by atoms with Crippen LogP contribution >= 0.6 is 34.8 Å². The van der Waals surface area contributed by atoms with Gasteiger partial charge in [-0.15, -0.1) is 0 Å². The molecular weight excluding hydrogens is 363 g/mol. The fraction of sp³-hybridized carbons (Fsp3) is 0.0500. The first-order valence-corrected chi connectivity index (χ1v) is 8.46. The maximum Gasteiger partial charge on any atom is 0.253 e. The molecule has 3 aromatic rings. The molecule has 0 unspecified atom stereocenters. The summed E-state index contributed by atoms with van der Waals surface area (Å²) < 4.78 is -2.00. The molecule has 0 atom stereocenters. The molecule has 0 aromatic heterocycles. The molecule has 0 aliphatic heterocycles. The standard InChI is InChI=1S/C20H13Cl3O/c21-20(22,23)19(24)18-13-16(14-7-3-1-4-8-14)11-12-17(18)15-9-5-2-6-10-15/h1-13H. The Morgan fingerprint density at radius 1 is 0.667 bits per heavy atom. The van der Waals surface area contributed by atoms with Crippen molar-refractivity contribution in [3.05, 3.63) is 84.4 Å². The van der Waals surface area contributed by atoms with Crippen LogP contribution in [0.3, 0.4) is 0 Å². The highest BCUT2D eigenvalue weighted by atomic mass is 35.6. The Morgan fingerprint density at radius 3 is 1.75 bits per heavy atom. The van der Waals surface area contributed by atoms with E-state index in [4.69, 9.17) is 34.8 Å². The zero-order chi connectivity index (χ0) is 17.2. The Morgan fingerprint density at radius 2 is 1.21 bits per heavy atom. The average molecular weight is 376 g/mol. The van der Waals surface area contributed by atoms with Crippen molar-refractivity contribution in [3.8, 4) is 22.3 Å². The molecule has 0 spiro atoms. The van der Waals surface area contributed by atoms with E-state index in [1.54, 1.807) is 6.07 Å². The minimum atomic E-state index is -2.00. The van der Waals surface area contributed by atoms with E-state index in [1.165, 1.54) is 0 Å². The molecule has 0 saturated heterocycles. The van der Waals surface area contributed by atoms with Crippen LogP contribution in [0.25, 0.3) is 22.3 Å². The lowest BCUT2D eigenvalue weighted by molar-refractivity contribution is 0.0997. The van der Waals surface area contributed by atoms with E-state index in [0.717, 1.165) is 22.3 Å². The predicted molar refractivity (Wildman–Crippen MR) is 102 cm³/mol. The molecule has 0 saturated carbocycles. The minimum absolute atomic E-state index is 0.391. The molecule has 4 heteroatoms. The number of ketones is 1. The number of rotatable bonds is 3. The Kier molecular flexibility index (Phi) is 4.96. The van der Waals surface area contributed by atoms with Gasteiger partial charge in [0.05, 0.1) is 0 Å². The van der Waals surface area contributed by atoms with Crippen molar-refractivity contribution < 1.29 is 4.79 Å². The van der Waals surface area contributed by atoms with Crippen LogP contribution in [-0.2, 0) is 0 Å². The second-order valence-corrected chi connectivity index (χ2v) is 7.60. The predicted octanol–water partition coefficient (Wildman–Crippen LogP) is 6.57. The molecule has 1 nitrogen and oxygen atoms in total. The molecule has 0 radical (unpaired) electrons. The van der Waals surface area contributed by atoms with Crippen LogP contribution in [0.4, 0.5) is 0 Å². The quantitative estimate of drug-likeness (QED) is 0.373. The highest BCUT2D eigenvalue weighted by Crippen LogP contribution is 2.36. The first-order valence-electron chi connectivity index (χ1n) is 7.33. The van der Waals surface area contributed by atoms with Gasteiger partial charge in [-0.2, -0.15) is 0 Å². The number of benzene rings is 3. The molecule has 0 aliphatic rings. The summed E-state index contributed by atoms with van der Waals surface area (Å²) in [5.74, 6) is -0.538. The smallest absolute Gasteiger partial charge is 0.253 e. The van der Waals surface area contributed by atoms with E-state index >= 15 is 0 Å². The average Bonchev–Trinajstić information content (AvgIpc) is 2.61. The van der Waals surface area contributed by atoms with Crippen LogP contribution in [0.2, 0.25) is 0 Å². The van der Waals surface area contributed by atoms with Gasteiger partial charge in [0, 0.05) is 5.56 Å². The lowest BCUT2D eigenvalue weighted by atomic mass is 9.93. The lowest BCUT2D eigenvalue weighted by Crippen LogP contribution is -2.19. The third kappa shape index (κ3) is 3.64. The first-order chi connectivity index (χ1) is 11.5. The summed E-state index contributed by atoms with van der Waals surface area (Å²) in [4.78, 5) is 12.6. The number of alkyl halides is 3. The molecule has 0 fully saturated rings. The maximum atomic E-state index is 12.6. The van der Waals surface area contributed by atoms with Crippen molar-refractivity contribution in [2.45, 2.75) is 3.79 Å². The van der Waals surface area contributed by atoms with Gasteiger partial charge in [0.15, 0.2) is 0 Å². The minimum Gasteiger partial charge on any atom is -0.289 e. The zero-order valence-corrected chi connectivity index (χ0v) is 14.8. The SMILES string of the molecule is O=C(c1cc(-c2ccccc2)ccc1-c1ccccc1)C(Cl)(Cl)Cl. The molecule has 0 amide bonds. The zero-order valence-electron chi connectivity index (χ0n) is 12.5. The van der Waals surface area contributed by atoms with Gasteiger partial charge in [-0.05, 0) is 28.3 Å². The lowest BCUT2D eigenvalue weighted by Gasteiger charge is -2.15. The van der Waals surface area contributed by atoms with E-state index in [-0.39, 0.29) is 0 Å². The second kappa shape index (κ2) is 6.98. The Labute approximate surface area is 155 Å². The molecule has 0 bridgehead atoms. The van der Waals surface area contributed by atoms with Gasteiger partial charge in [-0.3, -0.25) is 4.79 Å². The fourth-order valence-electron chi connectivity index (χ4n) is 2.56. The number of halogens is 3. The van der Waals surface area contributed by atoms with Gasteiger partial charge in [0.25, 0.3) is 3.79 Å². The van der Waals surface area contributed by atoms with Crippen LogP contribution in [-0.4, -0.2) is 9.58 Å². The second-order valence-electron chi connectivity index (χ2n) is 5.32. The van der Waals surface area contributed by atoms with E-state index in [2.05, 4.69) is 0 Å². The molecule has 3 aromatic carbocycles. The van der Waals surface area contributed by atoms with Gasteiger partial charge in [0.2, 0.25) is 5.78 Å². The molecule has 0 heterocycles. The van der Waals surface area contributed by atoms with Crippen molar-refractivity contribution in [2.75, 3.05) is 0 Å². The maximum absolute atomic E-state index is 12.6. The van der Waals surface area contributed by atoms with Crippen molar-refractivity contribution >= 4 is 40.6 Å². The number of hydrogen-bond acceptors (Lipinski definition) is 1. The Bertz CT molecular complexity index is 853. The van der Waals surface area contributed by atoms with Crippen molar-refractivity contribution in [1.82, 2.24) is 0 Å². The van der Waals surface area contributed by atoms with E-state index in [0.29, 0.717) is 5.56 Å². The summed E-state index contributed by atoms with van der Waals surface area (Å²) in [5.41, 5.74) is 3.92. The summed E-state index contributed by atoms with van der Waals surface area (Å²) in [6, 6.07) is 25.0. The number of carbonyl (C=O) groups is 1. The van der Waals surface area contributed by atoms with Crippen LogP contribution in [0.1, 0.15) is 10.4 Å². The molecule has 120 valence electrons. The third-order valence-electron chi connectivity index (χ3n) is 3.71. The van der Waals surface area contributed by atoms with Gasteiger partial charge >= 0.3 is 0 Å². The number of Topliss-reactive ketones (excluding diaryl/α,β-unsaturated/α-hetero) is 1. The molecule has 0 N–H and O–H groups in total. The van der Waals surface area contributed by atoms with Crippen LogP contribution in [0, 0.1) is 0 Å². The van der Waals surface area contributed by atoms with E-state index < -0.39 is 9.58 Å². The van der Waals surface area contributed by atoms with Crippen molar-refractivity contribution in [1.29, 1.82) is 0 Å². The van der Waals surface area contributed by atoms with Crippen molar-refractivity contribution in [2.24, 2.45) is 0 Å². The van der Waals surface area contributed by atoms with Crippen LogP contribution in [0.5, 0.6) is 0 Å². The highest BCUT2D eigenvalue weighted by molar-refractivity contribution is 6.77. The van der Waals surface area contributed by atoms with Gasteiger partial charge in [-0.1, -0.05) is 108 Å². The van der Waals surface area contributed by atoms with Gasteiger partial charge in [0.1, 0.15) is 0 Å². The molecule has 3 rings (SSSR count). The van der Waals surface area contributed by atoms with Crippen LogP contribution < -0.4 is 0 Å². The topological polar surface area (TPSA) is 17.1 Å². The summed E-state index contributed by atoms with van der Waals surface area (Å²) >= 11 is 17.6. The Balaban J connectivity index is 2.18. The largest absolute Gasteiger partial charge is 0.289 e. The molecule has 24 heavy (non-hydrogen) atoms. The van der Waals surface area contributed by atoms with E-state index in [1.807, 2.05) is 72.8 Å². The fourth-order valence-corrected chi connectivity index (χ4v) is 2.87. The van der Waals surface area contributed by atoms with Crippen molar-refractivity contribution in [3.63, 3.8) is 0 Å². The summed E-state index contributed by atoms with van der Waals surface area (Å²) in [7, 11) is 0. The normalized spacial score (nSPS) is 11.3. The van der Waals surface area contributed by atoms with Gasteiger partial charge in [-0.25, -0.2) is 0 Å². The summed E-state index contributed by atoms with van der Waals surface area (Å²) in [5, 5.41) is 0. The third-order valence-corrected chi connectivity index (χ3v) is 4.23.